The number of nitrogens with one attached hydrogen (secondary N) is 1. The van der Waals surface area contributed by atoms with Crippen molar-refractivity contribution >= 4 is 5.91 Å². The molecule has 25 heavy (non-hydrogen) atoms. The standard InChI is InChI=1S/C20H29FN2O2/c1-25-18-11-14(7-8-17(18)22)19(24)23-13-20(9-2-3-10-20)15-5-4-6-16(21)12-15/h4-6,12,14,17-18H,2-3,7-11,13,22H2,1H3,(H,23,24)/t14-,17-,18-/m0/s1. The Morgan fingerprint density at radius 1 is 1.36 bits per heavy atom. The molecule has 5 heteroatoms. The molecule has 2 saturated carbocycles. The van der Waals surface area contributed by atoms with Gasteiger partial charge in [0.15, 0.2) is 0 Å². The van der Waals surface area contributed by atoms with Gasteiger partial charge in [-0.25, -0.2) is 4.39 Å². The number of benzene rings is 1. The number of carbonyl (C=O) groups is 1. The minimum atomic E-state index is -0.209. The number of hydrogen-bond donors (Lipinski definition) is 2. The van der Waals surface area contributed by atoms with Gasteiger partial charge in [0.25, 0.3) is 0 Å². The molecule has 2 fully saturated rings. The van der Waals surface area contributed by atoms with Gasteiger partial charge in [-0.3, -0.25) is 4.79 Å². The van der Waals surface area contributed by atoms with E-state index < -0.39 is 0 Å². The van der Waals surface area contributed by atoms with E-state index in [0.29, 0.717) is 13.0 Å². The predicted molar refractivity (Wildman–Crippen MR) is 95.7 cm³/mol. The first-order chi connectivity index (χ1) is 12.0. The summed E-state index contributed by atoms with van der Waals surface area (Å²) in [5, 5.41) is 3.15. The minimum Gasteiger partial charge on any atom is -0.380 e. The minimum absolute atomic E-state index is 0.0162. The van der Waals surface area contributed by atoms with Crippen molar-refractivity contribution in [3.63, 3.8) is 0 Å². The van der Waals surface area contributed by atoms with Gasteiger partial charge in [-0.1, -0.05) is 25.0 Å². The van der Waals surface area contributed by atoms with Gasteiger partial charge in [-0.05, 0) is 49.8 Å². The molecular formula is C20H29FN2O2. The lowest BCUT2D eigenvalue weighted by Crippen LogP contribution is -2.47. The second-order valence-electron chi connectivity index (χ2n) is 7.66. The van der Waals surface area contributed by atoms with Crippen LogP contribution in [-0.2, 0) is 14.9 Å². The summed E-state index contributed by atoms with van der Waals surface area (Å²) in [4.78, 5) is 12.7. The summed E-state index contributed by atoms with van der Waals surface area (Å²) in [6.07, 6.45) is 6.47. The van der Waals surface area contributed by atoms with Gasteiger partial charge in [0.1, 0.15) is 5.82 Å². The number of methoxy groups -OCH3 is 1. The van der Waals surface area contributed by atoms with E-state index in [-0.39, 0.29) is 35.2 Å². The van der Waals surface area contributed by atoms with Crippen molar-refractivity contribution in [2.24, 2.45) is 11.7 Å². The lowest BCUT2D eigenvalue weighted by atomic mass is 9.78. The molecule has 3 rings (SSSR count). The first kappa shape index (κ1) is 18.3. The van der Waals surface area contributed by atoms with Gasteiger partial charge in [-0.2, -0.15) is 0 Å². The summed E-state index contributed by atoms with van der Waals surface area (Å²) in [6.45, 7) is 0.579. The molecule has 1 aromatic carbocycles. The average molecular weight is 348 g/mol. The second kappa shape index (κ2) is 7.83. The number of nitrogens with two attached hydrogens (primary N) is 1. The fourth-order valence-electron chi connectivity index (χ4n) is 4.50. The monoisotopic (exact) mass is 348 g/mol. The van der Waals surface area contributed by atoms with Gasteiger partial charge < -0.3 is 15.8 Å². The third-order valence-electron chi connectivity index (χ3n) is 6.12. The van der Waals surface area contributed by atoms with Crippen LogP contribution in [0.1, 0.15) is 50.5 Å². The maximum atomic E-state index is 13.7. The number of rotatable bonds is 5. The van der Waals surface area contributed by atoms with Crippen molar-refractivity contribution in [3.8, 4) is 0 Å². The van der Waals surface area contributed by atoms with Crippen molar-refractivity contribution in [1.82, 2.24) is 5.32 Å². The van der Waals surface area contributed by atoms with Crippen molar-refractivity contribution in [2.75, 3.05) is 13.7 Å². The SMILES string of the molecule is CO[C@H]1C[C@@H](C(=O)NCC2(c3cccc(F)c3)CCCC2)CC[C@@H]1N. The summed E-state index contributed by atoms with van der Waals surface area (Å²) < 4.78 is 19.1. The van der Waals surface area contributed by atoms with Gasteiger partial charge in [-0.15, -0.1) is 0 Å². The van der Waals surface area contributed by atoms with Crippen molar-refractivity contribution < 1.29 is 13.9 Å². The summed E-state index contributed by atoms with van der Waals surface area (Å²) in [5.74, 6) is -0.174. The zero-order valence-corrected chi connectivity index (χ0v) is 15.0. The molecule has 1 amide bonds. The highest BCUT2D eigenvalue weighted by Gasteiger charge is 2.38. The Morgan fingerprint density at radius 2 is 2.12 bits per heavy atom. The van der Waals surface area contributed by atoms with Crippen LogP contribution in [0, 0.1) is 11.7 Å². The maximum Gasteiger partial charge on any atom is 0.223 e. The van der Waals surface area contributed by atoms with Gasteiger partial charge in [0.2, 0.25) is 5.91 Å². The molecule has 2 aliphatic carbocycles. The van der Waals surface area contributed by atoms with Crippen molar-refractivity contribution in [1.29, 1.82) is 0 Å². The molecule has 0 saturated heterocycles. The van der Waals surface area contributed by atoms with Crippen LogP contribution in [0.15, 0.2) is 24.3 Å². The second-order valence-corrected chi connectivity index (χ2v) is 7.66. The Bertz CT molecular complexity index is 601. The number of carbonyl (C=O) groups excluding carboxylic acids is 1. The van der Waals surface area contributed by atoms with Crippen LogP contribution in [0.2, 0.25) is 0 Å². The topological polar surface area (TPSA) is 64.3 Å². The largest absolute Gasteiger partial charge is 0.380 e. The maximum absolute atomic E-state index is 13.7. The average Bonchev–Trinajstić information content (AvgIpc) is 3.10. The summed E-state index contributed by atoms with van der Waals surface area (Å²) >= 11 is 0. The first-order valence-electron chi connectivity index (χ1n) is 9.36. The highest BCUT2D eigenvalue weighted by molar-refractivity contribution is 5.79. The molecule has 0 bridgehead atoms. The van der Waals surface area contributed by atoms with E-state index in [2.05, 4.69) is 5.32 Å². The van der Waals surface area contributed by atoms with E-state index in [4.69, 9.17) is 10.5 Å². The van der Waals surface area contributed by atoms with Crippen molar-refractivity contribution in [2.45, 2.75) is 62.5 Å². The van der Waals surface area contributed by atoms with E-state index in [1.165, 1.54) is 6.07 Å². The van der Waals surface area contributed by atoms with Crippen LogP contribution < -0.4 is 11.1 Å². The molecule has 4 nitrogen and oxygen atoms in total. The van der Waals surface area contributed by atoms with Crippen LogP contribution in [0.3, 0.4) is 0 Å². The first-order valence-corrected chi connectivity index (χ1v) is 9.36. The molecule has 0 unspecified atom stereocenters. The molecule has 0 aromatic heterocycles. The Balaban J connectivity index is 1.65. The molecular weight excluding hydrogens is 319 g/mol. The quantitative estimate of drug-likeness (QED) is 0.860. The summed E-state index contributed by atoms with van der Waals surface area (Å²) in [6, 6.07) is 6.86. The molecule has 1 aromatic rings. The highest BCUT2D eigenvalue weighted by atomic mass is 19.1. The zero-order valence-electron chi connectivity index (χ0n) is 15.0. The lowest BCUT2D eigenvalue weighted by molar-refractivity contribution is -0.128. The number of halogens is 1. The number of ether oxygens (including phenoxy) is 1. The van der Waals surface area contributed by atoms with E-state index in [1.807, 2.05) is 6.07 Å². The number of amides is 1. The van der Waals surface area contributed by atoms with Crippen LogP contribution in [0.4, 0.5) is 4.39 Å². The third kappa shape index (κ3) is 4.04. The molecule has 138 valence electrons. The number of hydrogen-bond acceptors (Lipinski definition) is 3. The molecule has 3 N–H and O–H groups in total. The highest BCUT2D eigenvalue weighted by Crippen LogP contribution is 2.41. The van der Waals surface area contributed by atoms with E-state index in [1.54, 1.807) is 19.2 Å². The lowest BCUT2D eigenvalue weighted by Gasteiger charge is -2.34. The fourth-order valence-corrected chi connectivity index (χ4v) is 4.50. The smallest absolute Gasteiger partial charge is 0.223 e. The van der Waals surface area contributed by atoms with Crippen LogP contribution in [0.25, 0.3) is 0 Å². The van der Waals surface area contributed by atoms with Gasteiger partial charge in [0.05, 0.1) is 6.10 Å². The Morgan fingerprint density at radius 3 is 2.80 bits per heavy atom. The predicted octanol–water partition coefficient (Wildman–Crippen LogP) is 2.90. The molecule has 3 atom stereocenters. The van der Waals surface area contributed by atoms with Crippen LogP contribution in [0.5, 0.6) is 0 Å². The Hall–Kier alpha value is -1.46. The fraction of sp³-hybridized carbons (Fsp3) is 0.650. The summed E-state index contributed by atoms with van der Waals surface area (Å²) in [5.41, 5.74) is 6.91. The molecule has 0 aliphatic heterocycles. The third-order valence-corrected chi connectivity index (χ3v) is 6.12. The molecule has 0 heterocycles. The summed E-state index contributed by atoms with van der Waals surface area (Å²) in [7, 11) is 1.66. The molecule has 0 spiro atoms. The Kier molecular flexibility index (Phi) is 5.74. The van der Waals surface area contributed by atoms with Crippen molar-refractivity contribution in [3.05, 3.63) is 35.6 Å². The van der Waals surface area contributed by atoms with E-state index in [0.717, 1.165) is 44.1 Å². The zero-order chi connectivity index (χ0) is 17.9. The molecule has 2 aliphatic rings. The van der Waals surface area contributed by atoms with E-state index >= 15 is 0 Å². The normalized spacial score (nSPS) is 28.7. The van der Waals surface area contributed by atoms with E-state index in [9.17, 15) is 9.18 Å². The van der Waals surface area contributed by atoms with Crippen LogP contribution >= 0.6 is 0 Å². The molecule has 0 radical (unpaired) electrons. The van der Waals surface area contributed by atoms with Gasteiger partial charge >= 0.3 is 0 Å². The van der Waals surface area contributed by atoms with Gasteiger partial charge in [0, 0.05) is 31.0 Å². The van der Waals surface area contributed by atoms with Crippen LogP contribution in [-0.4, -0.2) is 31.7 Å². The Labute approximate surface area is 149 Å².